The molecule has 2 heterocycles. The van der Waals surface area contributed by atoms with Gasteiger partial charge >= 0.3 is 0 Å². The van der Waals surface area contributed by atoms with Gasteiger partial charge in [0.05, 0.1) is 11.8 Å². The van der Waals surface area contributed by atoms with Crippen LogP contribution in [0, 0.1) is 18.3 Å². The summed E-state index contributed by atoms with van der Waals surface area (Å²) in [4.78, 5) is 12.0. The Kier molecular flexibility index (Phi) is 3.24. The summed E-state index contributed by atoms with van der Waals surface area (Å²) in [6.07, 6.45) is 5.74. The molecule has 2 rings (SSSR count). The van der Waals surface area contributed by atoms with Crippen LogP contribution in [0.15, 0.2) is 23.3 Å². The molecule has 0 aromatic carbocycles. The predicted molar refractivity (Wildman–Crippen MR) is 63.7 cm³/mol. The smallest absolute Gasteiger partial charge is 0.276 e. The number of aryl methyl sites for hydroxylation is 2. The number of rotatable bonds is 4. The molecule has 0 aliphatic heterocycles. The molecule has 88 valence electrons. The second-order valence-electron chi connectivity index (χ2n) is 4.03. The Balaban J connectivity index is 2.21. The molecule has 2 aromatic rings. The average Bonchev–Trinajstić information content (AvgIpc) is 2.69. The van der Waals surface area contributed by atoms with Crippen LogP contribution in [0.4, 0.5) is 0 Å². The summed E-state index contributed by atoms with van der Waals surface area (Å²) in [5.41, 5.74) is 1.42. The van der Waals surface area contributed by atoms with E-state index in [4.69, 9.17) is 5.26 Å². The summed E-state index contributed by atoms with van der Waals surface area (Å²) in [5.74, 6) is 0. The SMILES string of the molecule is Cc1cc2c(=O)n(CCCCC#N)ccn2n1. The van der Waals surface area contributed by atoms with Crippen molar-refractivity contribution in [3.8, 4) is 6.07 Å². The topological polar surface area (TPSA) is 63.1 Å². The number of hydrogen-bond donors (Lipinski definition) is 0. The van der Waals surface area contributed by atoms with Crippen LogP contribution in [-0.4, -0.2) is 14.2 Å². The highest BCUT2D eigenvalue weighted by Gasteiger charge is 2.04. The fraction of sp³-hybridized carbons (Fsp3) is 0.417. The van der Waals surface area contributed by atoms with E-state index in [-0.39, 0.29) is 5.56 Å². The summed E-state index contributed by atoms with van der Waals surface area (Å²) in [5, 5.41) is 12.6. The average molecular weight is 230 g/mol. The Morgan fingerprint density at radius 1 is 1.41 bits per heavy atom. The molecule has 0 saturated carbocycles. The lowest BCUT2D eigenvalue weighted by molar-refractivity contribution is 0.596. The highest BCUT2D eigenvalue weighted by molar-refractivity contribution is 5.44. The fourth-order valence-electron chi connectivity index (χ4n) is 1.81. The summed E-state index contributed by atoms with van der Waals surface area (Å²) in [6.45, 7) is 2.52. The Hall–Kier alpha value is -2.09. The van der Waals surface area contributed by atoms with Gasteiger partial charge in [0.1, 0.15) is 5.52 Å². The van der Waals surface area contributed by atoms with E-state index in [2.05, 4.69) is 11.2 Å². The van der Waals surface area contributed by atoms with Gasteiger partial charge in [-0.25, -0.2) is 4.52 Å². The van der Waals surface area contributed by atoms with E-state index in [1.807, 2.05) is 6.92 Å². The van der Waals surface area contributed by atoms with Gasteiger partial charge in [0.25, 0.3) is 5.56 Å². The lowest BCUT2D eigenvalue weighted by Crippen LogP contribution is -2.21. The maximum Gasteiger partial charge on any atom is 0.276 e. The Morgan fingerprint density at radius 2 is 2.24 bits per heavy atom. The number of hydrogen-bond acceptors (Lipinski definition) is 3. The molecule has 0 spiro atoms. The first-order chi connectivity index (χ1) is 8.22. The molecule has 0 bridgehead atoms. The summed E-state index contributed by atoms with van der Waals surface area (Å²) < 4.78 is 3.28. The zero-order chi connectivity index (χ0) is 12.3. The molecule has 0 unspecified atom stereocenters. The minimum absolute atomic E-state index is 0.0231. The van der Waals surface area contributed by atoms with Gasteiger partial charge in [-0.05, 0) is 25.8 Å². The third-order valence-electron chi connectivity index (χ3n) is 2.66. The molecule has 0 radical (unpaired) electrons. The van der Waals surface area contributed by atoms with Crippen LogP contribution >= 0.6 is 0 Å². The molecule has 0 amide bonds. The molecule has 0 aliphatic carbocycles. The van der Waals surface area contributed by atoms with Crippen molar-refractivity contribution in [2.75, 3.05) is 0 Å². The molecule has 2 aromatic heterocycles. The highest BCUT2D eigenvalue weighted by atomic mass is 16.1. The normalized spacial score (nSPS) is 10.6. The number of fused-ring (bicyclic) bond motifs is 1. The van der Waals surface area contributed by atoms with Crippen molar-refractivity contribution in [1.82, 2.24) is 14.2 Å². The molecule has 0 N–H and O–H groups in total. The van der Waals surface area contributed by atoms with E-state index < -0.39 is 0 Å². The number of unbranched alkanes of at least 4 members (excludes halogenated alkanes) is 2. The maximum atomic E-state index is 12.0. The van der Waals surface area contributed by atoms with Gasteiger partial charge in [0.15, 0.2) is 0 Å². The van der Waals surface area contributed by atoms with E-state index in [0.717, 1.165) is 18.5 Å². The Morgan fingerprint density at radius 3 is 3.00 bits per heavy atom. The van der Waals surface area contributed by atoms with Gasteiger partial charge in [-0.1, -0.05) is 0 Å². The van der Waals surface area contributed by atoms with Crippen LogP contribution in [0.1, 0.15) is 25.0 Å². The van der Waals surface area contributed by atoms with Crippen LogP contribution < -0.4 is 5.56 Å². The molecule has 5 heteroatoms. The summed E-state index contributed by atoms with van der Waals surface area (Å²) in [6, 6.07) is 3.89. The van der Waals surface area contributed by atoms with Crippen molar-refractivity contribution in [1.29, 1.82) is 5.26 Å². The van der Waals surface area contributed by atoms with Crippen molar-refractivity contribution in [3.63, 3.8) is 0 Å². The lowest BCUT2D eigenvalue weighted by Gasteiger charge is -2.04. The van der Waals surface area contributed by atoms with E-state index >= 15 is 0 Å². The zero-order valence-corrected chi connectivity index (χ0v) is 9.76. The van der Waals surface area contributed by atoms with Crippen LogP contribution in [0.2, 0.25) is 0 Å². The van der Waals surface area contributed by atoms with Crippen molar-refractivity contribution in [3.05, 3.63) is 34.5 Å². The second-order valence-corrected chi connectivity index (χ2v) is 4.03. The molecular formula is C12H14N4O. The predicted octanol–water partition coefficient (Wildman–Crippen LogP) is 1.50. The first kappa shape index (κ1) is 11.4. The molecule has 5 nitrogen and oxygen atoms in total. The van der Waals surface area contributed by atoms with E-state index in [0.29, 0.717) is 18.5 Å². The molecular weight excluding hydrogens is 216 g/mol. The van der Waals surface area contributed by atoms with Crippen molar-refractivity contribution >= 4 is 5.52 Å². The quantitative estimate of drug-likeness (QED) is 0.748. The van der Waals surface area contributed by atoms with Gasteiger partial charge < -0.3 is 4.57 Å². The first-order valence-corrected chi connectivity index (χ1v) is 5.65. The Bertz CT molecular complexity index is 617. The summed E-state index contributed by atoms with van der Waals surface area (Å²) >= 11 is 0. The number of nitrogens with zero attached hydrogens (tertiary/aromatic N) is 4. The third-order valence-corrected chi connectivity index (χ3v) is 2.66. The van der Waals surface area contributed by atoms with E-state index in [1.54, 1.807) is 27.5 Å². The largest absolute Gasteiger partial charge is 0.312 e. The molecule has 0 aliphatic rings. The number of nitriles is 1. The van der Waals surface area contributed by atoms with Crippen LogP contribution in [0.3, 0.4) is 0 Å². The Labute approximate surface area is 98.9 Å². The van der Waals surface area contributed by atoms with Crippen LogP contribution in [-0.2, 0) is 6.54 Å². The highest BCUT2D eigenvalue weighted by Crippen LogP contribution is 2.01. The van der Waals surface area contributed by atoms with Crippen molar-refractivity contribution < 1.29 is 0 Å². The van der Waals surface area contributed by atoms with Gasteiger partial charge in [-0.2, -0.15) is 10.4 Å². The lowest BCUT2D eigenvalue weighted by atomic mass is 10.2. The standard InChI is InChI=1S/C12H14N4O/c1-10-9-11-12(17)15(6-4-2-3-5-13)7-8-16(11)14-10/h7-9H,2-4,6H2,1H3. The molecule has 0 atom stereocenters. The third kappa shape index (κ3) is 2.36. The monoisotopic (exact) mass is 230 g/mol. The molecule has 0 saturated heterocycles. The van der Waals surface area contributed by atoms with Crippen LogP contribution in [0.5, 0.6) is 0 Å². The summed E-state index contributed by atoms with van der Waals surface area (Å²) in [7, 11) is 0. The van der Waals surface area contributed by atoms with Gasteiger partial charge in [0, 0.05) is 25.4 Å². The zero-order valence-electron chi connectivity index (χ0n) is 9.76. The molecule has 0 fully saturated rings. The van der Waals surface area contributed by atoms with Crippen LogP contribution in [0.25, 0.3) is 5.52 Å². The van der Waals surface area contributed by atoms with Gasteiger partial charge in [0.2, 0.25) is 0 Å². The van der Waals surface area contributed by atoms with Crippen molar-refractivity contribution in [2.45, 2.75) is 32.7 Å². The second kappa shape index (κ2) is 4.83. The molecule has 17 heavy (non-hydrogen) atoms. The maximum absolute atomic E-state index is 12.0. The van der Waals surface area contributed by atoms with E-state index in [1.165, 1.54) is 0 Å². The van der Waals surface area contributed by atoms with Gasteiger partial charge in [-0.15, -0.1) is 0 Å². The van der Waals surface area contributed by atoms with Crippen molar-refractivity contribution in [2.24, 2.45) is 0 Å². The number of aromatic nitrogens is 3. The van der Waals surface area contributed by atoms with Gasteiger partial charge in [-0.3, -0.25) is 4.79 Å². The van der Waals surface area contributed by atoms with E-state index in [9.17, 15) is 4.79 Å². The minimum Gasteiger partial charge on any atom is -0.312 e. The minimum atomic E-state index is -0.0231. The first-order valence-electron chi connectivity index (χ1n) is 5.65. The fourth-order valence-corrected chi connectivity index (χ4v) is 1.81.